The Morgan fingerprint density at radius 2 is 2.00 bits per heavy atom. The molecule has 1 amide bonds. The summed E-state index contributed by atoms with van der Waals surface area (Å²) >= 11 is 0. The van der Waals surface area contributed by atoms with E-state index in [1.54, 1.807) is 11.0 Å². The standard InChI is InChI=1S/C17H23F3N2O2/c1-2-22(11-10-21-8-3-4-9-21)16(23)13-14-6-5-7-15(12-14)24-17(18,19)20/h5-7,12H,2-4,8-11,13H2,1H3. The van der Waals surface area contributed by atoms with Gasteiger partial charge >= 0.3 is 6.36 Å². The molecule has 1 aromatic rings. The molecule has 0 radical (unpaired) electrons. The molecule has 2 rings (SSSR count). The highest BCUT2D eigenvalue weighted by molar-refractivity contribution is 5.78. The van der Waals surface area contributed by atoms with E-state index >= 15 is 0 Å². The van der Waals surface area contributed by atoms with Gasteiger partial charge in [-0.2, -0.15) is 0 Å². The van der Waals surface area contributed by atoms with Crippen LogP contribution in [-0.4, -0.2) is 54.8 Å². The van der Waals surface area contributed by atoms with E-state index < -0.39 is 6.36 Å². The first-order chi connectivity index (χ1) is 11.4. The molecular weight excluding hydrogens is 321 g/mol. The number of likely N-dealkylation sites (N-methyl/N-ethyl adjacent to an activating group) is 1. The number of amides is 1. The fraction of sp³-hybridized carbons (Fsp3) is 0.588. The van der Waals surface area contributed by atoms with Gasteiger partial charge in [0.25, 0.3) is 0 Å². The Hall–Kier alpha value is -1.76. The normalized spacial score (nSPS) is 15.5. The number of hydrogen-bond donors (Lipinski definition) is 0. The van der Waals surface area contributed by atoms with Gasteiger partial charge in [-0.25, -0.2) is 0 Å². The Balaban J connectivity index is 1.90. The molecule has 0 spiro atoms. The lowest BCUT2D eigenvalue weighted by atomic mass is 10.1. The van der Waals surface area contributed by atoms with Crippen molar-refractivity contribution in [1.29, 1.82) is 0 Å². The summed E-state index contributed by atoms with van der Waals surface area (Å²) < 4.78 is 40.7. The number of alkyl halides is 3. The molecule has 0 aromatic heterocycles. The van der Waals surface area contributed by atoms with Crippen molar-refractivity contribution < 1.29 is 22.7 Å². The molecule has 1 saturated heterocycles. The SMILES string of the molecule is CCN(CCN1CCCC1)C(=O)Cc1cccc(OC(F)(F)F)c1. The molecule has 7 heteroatoms. The van der Waals surface area contributed by atoms with Gasteiger partial charge in [0.1, 0.15) is 5.75 Å². The fourth-order valence-electron chi connectivity index (χ4n) is 2.87. The van der Waals surface area contributed by atoms with E-state index in [0.717, 1.165) is 19.6 Å². The van der Waals surface area contributed by atoms with Gasteiger partial charge in [0.2, 0.25) is 5.91 Å². The molecule has 24 heavy (non-hydrogen) atoms. The molecule has 4 nitrogen and oxygen atoms in total. The largest absolute Gasteiger partial charge is 0.573 e. The lowest BCUT2D eigenvalue weighted by Crippen LogP contribution is -2.38. The zero-order valence-electron chi connectivity index (χ0n) is 13.8. The number of hydrogen-bond acceptors (Lipinski definition) is 3. The molecule has 1 heterocycles. The lowest BCUT2D eigenvalue weighted by Gasteiger charge is -2.24. The average molecular weight is 344 g/mol. The number of carbonyl (C=O) groups is 1. The van der Waals surface area contributed by atoms with Gasteiger partial charge in [-0.15, -0.1) is 13.2 Å². The molecule has 1 aromatic carbocycles. The predicted molar refractivity (Wildman–Crippen MR) is 84.8 cm³/mol. The summed E-state index contributed by atoms with van der Waals surface area (Å²) in [6.07, 6.45) is -2.26. The third-order valence-electron chi connectivity index (χ3n) is 4.11. The van der Waals surface area contributed by atoms with E-state index in [9.17, 15) is 18.0 Å². The predicted octanol–water partition coefficient (Wildman–Crippen LogP) is 3.07. The van der Waals surface area contributed by atoms with Gasteiger partial charge in [-0.1, -0.05) is 12.1 Å². The summed E-state index contributed by atoms with van der Waals surface area (Å²) in [6, 6.07) is 5.59. The van der Waals surface area contributed by atoms with Gasteiger partial charge in [0.15, 0.2) is 0 Å². The summed E-state index contributed by atoms with van der Waals surface area (Å²) in [7, 11) is 0. The Bertz CT molecular complexity index is 543. The van der Waals surface area contributed by atoms with E-state index in [-0.39, 0.29) is 18.1 Å². The minimum Gasteiger partial charge on any atom is -0.406 e. The van der Waals surface area contributed by atoms with Crippen LogP contribution in [0.5, 0.6) is 5.75 Å². The maximum absolute atomic E-state index is 12.4. The van der Waals surface area contributed by atoms with Crippen molar-refractivity contribution in [2.45, 2.75) is 32.5 Å². The van der Waals surface area contributed by atoms with E-state index in [1.807, 2.05) is 6.92 Å². The molecule has 1 fully saturated rings. The summed E-state index contributed by atoms with van der Waals surface area (Å²) in [5.74, 6) is -0.381. The topological polar surface area (TPSA) is 32.8 Å². The van der Waals surface area contributed by atoms with Crippen LogP contribution in [0.2, 0.25) is 0 Å². The minimum absolute atomic E-state index is 0.0723. The smallest absolute Gasteiger partial charge is 0.406 e. The number of ether oxygens (including phenoxy) is 1. The zero-order chi connectivity index (χ0) is 17.6. The van der Waals surface area contributed by atoms with Crippen molar-refractivity contribution >= 4 is 5.91 Å². The van der Waals surface area contributed by atoms with Gasteiger partial charge < -0.3 is 14.5 Å². The van der Waals surface area contributed by atoms with Crippen LogP contribution in [0, 0.1) is 0 Å². The second kappa shape index (κ2) is 8.37. The van der Waals surface area contributed by atoms with Gasteiger partial charge in [0, 0.05) is 19.6 Å². The quantitative estimate of drug-likeness (QED) is 0.762. The summed E-state index contributed by atoms with van der Waals surface area (Å²) in [5.41, 5.74) is 0.515. The van der Waals surface area contributed by atoms with Gasteiger partial charge in [-0.05, 0) is 50.6 Å². The summed E-state index contributed by atoms with van der Waals surface area (Å²) in [6.45, 7) is 6.13. The van der Waals surface area contributed by atoms with Crippen LogP contribution in [0.15, 0.2) is 24.3 Å². The second-order valence-electron chi connectivity index (χ2n) is 5.89. The second-order valence-corrected chi connectivity index (χ2v) is 5.89. The first-order valence-corrected chi connectivity index (χ1v) is 8.22. The third kappa shape index (κ3) is 6.03. The van der Waals surface area contributed by atoms with Gasteiger partial charge in [0.05, 0.1) is 6.42 Å². The average Bonchev–Trinajstić information content (AvgIpc) is 2.99. The van der Waals surface area contributed by atoms with Crippen LogP contribution >= 0.6 is 0 Å². The zero-order valence-corrected chi connectivity index (χ0v) is 13.8. The number of halogens is 3. The molecule has 0 unspecified atom stereocenters. The fourth-order valence-corrected chi connectivity index (χ4v) is 2.87. The number of nitrogens with zero attached hydrogens (tertiary/aromatic N) is 2. The molecule has 0 atom stereocenters. The van der Waals surface area contributed by atoms with Crippen LogP contribution in [0.1, 0.15) is 25.3 Å². The van der Waals surface area contributed by atoms with Crippen molar-refractivity contribution in [1.82, 2.24) is 9.80 Å². The Kier molecular flexibility index (Phi) is 6.48. The highest BCUT2D eigenvalue weighted by Crippen LogP contribution is 2.23. The molecule has 1 aliphatic rings. The molecule has 0 saturated carbocycles. The highest BCUT2D eigenvalue weighted by Gasteiger charge is 2.31. The van der Waals surface area contributed by atoms with E-state index in [0.29, 0.717) is 18.7 Å². The van der Waals surface area contributed by atoms with Crippen LogP contribution in [0.4, 0.5) is 13.2 Å². The first-order valence-electron chi connectivity index (χ1n) is 8.22. The van der Waals surface area contributed by atoms with Crippen molar-refractivity contribution in [2.75, 3.05) is 32.7 Å². The van der Waals surface area contributed by atoms with Crippen molar-refractivity contribution in [3.05, 3.63) is 29.8 Å². The van der Waals surface area contributed by atoms with Crippen molar-refractivity contribution in [3.8, 4) is 5.75 Å². The molecule has 0 bridgehead atoms. The Labute approximate surface area is 140 Å². The Morgan fingerprint density at radius 3 is 2.62 bits per heavy atom. The third-order valence-corrected chi connectivity index (χ3v) is 4.11. The molecule has 0 N–H and O–H groups in total. The highest BCUT2D eigenvalue weighted by atomic mass is 19.4. The molecule has 134 valence electrons. The number of carbonyl (C=O) groups excluding carboxylic acids is 1. The van der Waals surface area contributed by atoms with Crippen LogP contribution < -0.4 is 4.74 Å². The molecule has 1 aliphatic heterocycles. The van der Waals surface area contributed by atoms with E-state index in [1.165, 1.54) is 31.0 Å². The maximum Gasteiger partial charge on any atom is 0.573 e. The monoisotopic (exact) mass is 344 g/mol. The van der Waals surface area contributed by atoms with Crippen LogP contribution in [-0.2, 0) is 11.2 Å². The summed E-state index contributed by atoms with van der Waals surface area (Å²) in [4.78, 5) is 16.5. The molecular formula is C17H23F3N2O2. The van der Waals surface area contributed by atoms with Crippen molar-refractivity contribution in [2.24, 2.45) is 0 Å². The summed E-state index contributed by atoms with van der Waals surface area (Å²) in [5, 5.41) is 0. The lowest BCUT2D eigenvalue weighted by molar-refractivity contribution is -0.274. The molecule has 0 aliphatic carbocycles. The van der Waals surface area contributed by atoms with Crippen LogP contribution in [0.3, 0.4) is 0 Å². The van der Waals surface area contributed by atoms with Crippen LogP contribution in [0.25, 0.3) is 0 Å². The number of likely N-dealkylation sites (tertiary alicyclic amines) is 1. The Morgan fingerprint density at radius 1 is 1.29 bits per heavy atom. The van der Waals surface area contributed by atoms with E-state index in [2.05, 4.69) is 9.64 Å². The number of benzene rings is 1. The van der Waals surface area contributed by atoms with E-state index in [4.69, 9.17) is 0 Å². The number of rotatable bonds is 7. The minimum atomic E-state index is -4.73. The van der Waals surface area contributed by atoms with Crippen molar-refractivity contribution in [3.63, 3.8) is 0 Å². The van der Waals surface area contributed by atoms with Gasteiger partial charge in [-0.3, -0.25) is 4.79 Å². The maximum atomic E-state index is 12.4. The first kappa shape index (κ1) is 18.6.